The van der Waals surface area contributed by atoms with Crippen molar-refractivity contribution < 1.29 is 5.11 Å². The van der Waals surface area contributed by atoms with Crippen molar-refractivity contribution in [1.29, 1.82) is 0 Å². The maximum atomic E-state index is 10.1. The van der Waals surface area contributed by atoms with Gasteiger partial charge in [0.25, 0.3) is 0 Å². The van der Waals surface area contributed by atoms with Gasteiger partial charge < -0.3 is 5.11 Å². The number of fused-ring (bicyclic) bond motifs is 3. The van der Waals surface area contributed by atoms with E-state index in [2.05, 4.69) is 24.8 Å². The van der Waals surface area contributed by atoms with Gasteiger partial charge in [0.1, 0.15) is 5.75 Å². The molecule has 1 aliphatic rings. The lowest BCUT2D eigenvalue weighted by atomic mass is 10.0. The molecule has 0 aromatic heterocycles. The Morgan fingerprint density at radius 1 is 1.06 bits per heavy atom. The fraction of sp³-hybridized carbons (Fsp3) is 0.0667. The van der Waals surface area contributed by atoms with Gasteiger partial charge in [-0.25, -0.2) is 0 Å². The minimum Gasteiger partial charge on any atom is -0.507 e. The number of phenolic OH excluding ortho intramolecular Hbond substituents is 1. The molecule has 0 bridgehead atoms. The second-order valence-corrected chi connectivity index (χ2v) is 4.07. The summed E-state index contributed by atoms with van der Waals surface area (Å²) < 4.78 is 0. The molecule has 0 saturated carbocycles. The molecule has 0 fully saturated rings. The number of aromatic hydroxyl groups is 1. The molecule has 1 nitrogen and oxygen atoms in total. The van der Waals surface area contributed by atoms with Crippen LogP contribution in [0.1, 0.15) is 16.7 Å². The quantitative estimate of drug-likeness (QED) is 0.647. The Kier molecular flexibility index (Phi) is 1.87. The van der Waals surface area contributed by atoms with Crippen LogP contribution in [0.4, 0.5) is 0 Å². The Morgan fingerprint density at radius 3 is 2.69 bits per heavy atom. The molecule has 0 aliphatic heterocycles. The van der Waals surface area contributed by atoms with Gasteiger partial charge in [0.05, 0.1) is 0 Å². The van der Waals surface area contributed by atoms with Gasteiger partial charge in [-0.3, -0.25) is 0 Å². The maximum Gasteiger partial charge on any atom is 0.126 e. The van der Waals surface area contributed by atoms with E-state index in [1.165, 1.54) is 11.1 Å². The second kappa shape index (κ2) is 3.24. The molecule has 2 aromatic carbocycles. The monoisotopic (exact) mass is 208 g/mol. The van der Waals surface area contributed by atoms with Crippen LogP contribution in [0.5, 0.6) is 5.75 Å². The third kappa shape index (κ3) is 1.12. The van der Waals surface area contributed by atoms with Crippen LogP contribution in [0.2, 0.25) is 0 Å². The van der Waals surface area contributed by atoms with E-state index in [9.17, 15) is 5.11 Å². The van der Waals surface area contributed by atoms with Crippen molar-refractivity contribution in [2.75, 3.05) is 0 Å². The molecule has 0 saturated heterocycles. The number of rotatable bonds is 1. The fourth-order valence-electron chi connectivity index (χ4n) is 2.38. The number of hydrogen-bond donors (Lipinski definition) is 1. The van der Waals surface area contributed by atoms with Crippen LogP contribution >= 0.6 is 0 Å². The average molecular weight is 208 g/mol. The summed E-state index contributed by atoms with van der Waals surface area (Å²) in [6.07, 6.45) is 2.51. The zero-order valence-electron chi connectivity index (χ0n) is 8.90. The Bertz CT molecular complexity index is 582. The van der Waals surface area contributed by atoms with Gasteiger partial charge in [0, 0.05) is 17.5 Å². The summed E-state index contributed by atoms with van der Waals surface area (Å²) in [5.41, 5.74) is 5.52. The minimum atomic E-state index is 0.378. The van der Waals surface area contributed by atoms with Gasteiger partial charge in [0.15, 0.2) is 0 Å². The zero-order valence-corrected chi connectivity index (χ0v) is 8.90. The van der Waals surface area contributed by atoms with Crippen molar-refractivity contribution in [3.05, 3.63) is 59.7 Å². The molecule has 1 N–H and O–H groups in total. The Morgan fingerprint density at radius 2 is 1.88 bits per heavy atom. The summed E-state index contributed by atoms with van der Waals surface area (Å²) in [6.45, 7) is 3.71. The lowest BCUT2D eigenvalue weighted by molar-refractivity contribution is 0.469. The first-order chi connectivity index (χ1) is 7.81. The van der Waals surface area contributed by atoms with Crippen LogP contribution in [-0.4, -0.2) is 5.11 Å². The van der Waals surface area contributed by atoms with Crippen LogP contribution in [0, 0.1) is 0 Å². The van der Waals surface area contributed by atoms with Gasteiger partial charge in [-0.05, 0) is 16.7 Å². The van der Waals surface area contributed by atoms with Gasteiger partial charge in [-0.15, -0.1) is 0 Å². The Hall–Kier alpha value is -2.02. The molecule has 0 unspecified atom stereocenters. The maximum absolute atomic E-state index is 10.1. The average Bonchev–Trinajstić information content (AvgIpc) is 2.69. The van der Waals surface area contributed by atoms with E-state index in [1.54, 1.807) is 6.08 Å². The second-order valence-electron chi connectivity index (χ2n) is 4.07. The standard InChI is InChI=1S/C15H12O/c1-2-10-7-8-13-12-6-4-3-5-11(12)9-14(13)15(10)16/h2-8,16H,1,9H2. The molecular formula is C15H12O. The highest BCUT2D eigenvalue weighted by molar-refractivity contribution is 5.81. The van der Waals surface area contributed by atoms with Crippen LogP contribution < -0.4 is 0 Å². The van der Waals surface area contributed by atoms with Gasteiger partial charge in [0.2, 0.25) is 0 Å². The molecule has 1 aliphatic carbocycles. The first-order valence-corrected chi connectivity index (χ1v) is 5.37. The normalized spacial score (nSPS) is 12.0. The predicted octanol–water partition coefficient (Wildman–Crippen LogP) is 3.61. The highest BCUT2D eigenvalue weighted by Gasteiger charge is 2.21. The SMILES string of the molecule is C=Cc1ccc2c(c1O)Cc1ccccc1-2. The molecule has 0 radical (unpaired) electrons. The van der Waals surface area contributed by atoms with Crippen molar-refractivity contribution >= 4 is 6.08 Å². The van der Waals surface area contributed by atoms with E-state index in [0.29, 0.717) is 5.75 Å². The summed E-state index contributed by atoms with van der Waals surface area (Å²) in [5, 5.41) is 10.1. The number of hydrogen-bond acceptors (Lipinski definition) is 1. The highest BCUT2D eigenvalue weighted by Crippen LogP contribution is 2.42. The van der Waals surface area contributed by atoms with Crippen molar-refractivity contribution in [2.24, 2.45) is 0 Å². The van der Waals surface area contributed by atoms with E-state index in [-0.39, 0.29) is 0 Å². The van der Waals surface area contributed by atoms with E-state index < -0.39 is 0 Å². The van der Waals surface area contributed by atoms with Crippen molar-refractivity contribution in [2.45, 2.75) is 6.42 Å². The molecule has 16 heavy (non-hydrogen) atoms. The van der Waals surface area contributed by atoms with Crippen LogP contribution in [0.3, 0.4) is 0 Å². The van der Waals surface area contributed by atoms with E-state index in [0.717, 1.165) is 23.1 Å². The molecule has 78 valence electrons. The van der Waals surface area contributed by atoms with Crippen LogP contribution in [0.25, 0.3) is 17.2 Å². The summed E-state index contributed by atoms with van der Waals surface area (Å²) >= 11 is 0. The van der Waals surface area contributed by atoms with Gasteiger partial charge >= 0.3 is 0 Å². The molecule has 0 atom stereocenters. The smallest absolute Gasteiger partial charge is 0.126 e. The topological polar surface area (TPSA) is 20.2 Å². The van der Waals surface area contributed by atoms with E-state index >= 15 is 0 Å². The molecule has 0 heterocycles. The van der Waals surface area contributed by atoms with Gasteiger partial charge in [-0.2, -0.15) is 0 Å². The Labute approximate surface area is 94.7 Å². The molecule has 0 spiro atoms. The Balaban J connectivity index is 2.28. The van der Waals surface area contributed by atoms with Crippen LogP contribution in [-0.2, 0) is 6.42 Å². The summed E-state index contributed by atoms with van der Waals surface area (Å²) in [5.74, 6) is 0.378. The fourth-order valence-corrected chi connectivity index (χ4v) is 2.38. The van der Waals surface area contributed by atoms with Crippen LogP contribution in [0.15, 0.2) is 43.0 Å². The van der Waals surface area contributed by atoms with E-state index in [1.807, 2.05) is 18.2 Å². The van der Waals surface area contributed by atoms with Gasteiger partial charge in [-0.1, -0.05) is 49.1 Å². The third-order valence-corrected chi connectivity index (χ3v) is 3.21. The van der Waals surface area contributed by atoms with Crippen molar-refractivity contribution in [1.82, 2.24) is 0 Å². The van der Waals surface area contributed by atoms with Crippen molar-refractivity contribution in [3.8, 4) is 16.9 Å². The van der Waals surface area contributed by atoms with E-state index in [4.69, 9.17) is 0 Å². The number of phenols is 1. The highest BCUT2D eigenvalue weighted by atomic mass is 16.3. The summed E-state index contributed by atoms with van der Waals surface area (Å²) in [6, 6.07) is 12.3. The molecule has 3 rings (SSSR count). The molecular weight excluding hydrogens is 196 g/mol. The molecule has 2 aromatic rings. The zero-order chi connectivity index (χ0) is 11.1. The predicted molar refractivity (Wildman–Crippen MR) is 66.4 cm³/mol. The van der Waals surface area contributed by atoms with Crippen molar-refractivity contribution in [3.63, 3.8) is 0 Å². The lowest BCUT2D eigenvalue weighted by Crippen LogP contribution is -1.84. The first-order valence-electron chi connectivity index (χ1n) is 5.37. The minimum absolute atomic E-state index is 0.378. The largest absolute Gasteiger partial charge is 0.507 e. The third-order valence-electron chi connectivity index (χ3n) is 3.21. The lowest BCUT2D eigenvalue weighted by Gasteiger charge is -2.05. The summed E-state index contributed by atoms with van der Waals surface area (Å²) in [4.78, 5) is 0. The molecule has 0 amide bonds. The number of benzene rings is 2. The summed E-state index contributed by atoms with van der Waals surface area (Å²) in [7, 11) is 0. The first kappa shape index (κ1) is 9.22. The molecule has 1 heteroatoms.